The minimum atomic E-state index is 0.0291. The summed E-state index contributed by atoms with van der Waals surface area (Å²) < 4.78 is 3.61. The Bertz CT molecular complexity index is 799. The van der Waals surface area contributed by atoms with Gasteiger partial charge < -0.3 is 0 Å². The second kappa shape index (κ2) is 4.39. The van der Waals surface area contributed by atoms with Gasteiger partial charge in [-0.05, 0) is 38.1 Å². The van der Waals surface area contributed by atoms with Gasteiger partial charge in [0.2, 0.25) is 0 Å². The van der Waals surface area contributed by atoms with Gasteiger partial charge in [0, 0.05) is 12.2 Å². The molecule has 0 fully saturated rings. The molecule has 0 N–H and O–H groups in total. The van der Waals surface area contributed by atoms with Crippen LogP contribution in [0.3, 0.4) is 0 Å². The van der Waals surface area contributed by atoms with Crippen LogP contribution in [0.1, 0.15) is 12.6 Å². The second-order valence-electron chi connectivity index (χ2n) is 4.49. The molecule has 0 bridgehead atoms. The molecule has 0 aliphatic rings. The summed E-state index contributed by atoms with van der Waals surface area (Å²) >= 11 is 0. The molecular formula is C15H15N3O. The van der Waals surface area contributed by atoms with Gasteiger partial charge in [-0.15, -0.1) is 0 Å². The Morgan fingerprint density at radius 1 is 1.11 bits per heavy atom. The van der Waals surface area contributed by atoms with E-state index in [1.807, 2.05) is 61.0 Å². The zero-order chi connectivity index (χ0) is 13.4. The second-order valence-corrected chi connectivity index (χ2v) is 4.49. The van der Waals surface area contributed by atoms with E-state index in [1.165, 1.54) is 0 Å². The first-order valence-electron chi connectivity index (χ1n) is 6.37. The molecule has 0 aliphatic heterocycles. The van der Waals surface area contributed by atoms with Crippen molar-refractivity contribution in [2.24, 2.45) is 0 Å². The van der Waals surface area contributed by atoms with Crippen LogP contribution in [0.2, 0.25) is 0 Å². The number of hydrogen-bond donors (Lipinski definition) is 0. The van der Waals surface area contributed by atoms with Crippen LogP contribution in [-0.4, -0.2) is 14.3 Å². The van der Waals surface area contributed by atoms with Crippen LogP contribution in [0.15, 0.2) is 47.3 Å². The fourth-order valence-corrected chi connectivity index (χ4v) is 2.38. The number of nitrogens with zero attached hydrogens (tertiary/aromatic N) is 3. The van der Waals surface area contributed by atoms with E-state index in [4.69, 9.17) is 0 Å². The number of aryl methyl sites for hydroxylation is 1. The normalized spacial score (nSPS) is 11.1. The summed E-state index contributed by atoms with van der Waals surface area (Å²) in [6, 6.07) is 13.5. The SMILES string of the molecule is CCn1c(=O)c2ccccc2n1-c1cccc(C)n1. The Balaban J connectivity index is 2.43. The van der Waals surface area contributed by atoms with E-state index >= 15 is 0 Å². The van der Waals surface area contributed by atoms with Gasteiger partial charge in [-0.25, -0.2) is 14.3 Å². The fourth-order valence-electron chi connectivity index (χ4n) is 2.38. The molecule has 3 aromatic rings. The fraction of sp³-hybridized carbons (Fsp3) is 0.200. The first-order valence-corrected chi connectivity index (χ1v) is 6.37. The predicted molar refractivity (Wildman–Crippen MR) is 75.7 cm³/mol. The lowest BCUT2D eigenvalue weighted by Crippen LogP contribution is -2.21. The molecule has 0 spiro atoms. The zero-order valence-corrected chi connectivity index (χ0v) is 11.0. The molecule has 4 nitrogen and oxygen atoms in total. The highest BCUT2D eigenvalue weighted by Crippen LogP contribution is 2.16. The Hall–Kier alpha value is -2.36. The van der Waals surface area contributed by atoms with Gasteiger partial charge in [0.05, 0.1) is 10.9 Å². The van der Waals surface area contributed by atoms with Crippen molar-refractivity contribution in [1.29, 1.82) is 0 Å². The lowest BCUT2D eigenvalue weighted by Gasteiger charge is -2.10. The summed E-state index contributed by atoms with van der Waals surface area (Å²) in [5.41, 5.74) is 1.86. The van der Waals surface area contributed by atoms with Crippen molar-refractivity contribution in [3.63, 3.8) is 0 Å². The first-order chi connectivity index (χ1) is 9.22. The van der Waals surface area contributed by atoms with Crippen molar-refractivity contribution < 1.29 is 0 Å². The summed E-state index contributed by atoms with van der Waals surface area (Å²) in [4.78, 5) is 16.9. The van der Waals surface area contributed by atoms with Crippen molar-refractivity contribution in [2.45, 2.75) is 20.4 Å². The van der Waals surface area contributed by atoms with E-state index in [1.54, 1.807) is 4.68 Å². The minimum absolute atomic E-state index is 0.0291. The Morgan fingerprint density at radius 2 is 1.89 bits per heavy atom. The first kappa shape index (κ1) is 11.7. The van der Waals surface area contributed by atoms with E-state index < -0.39 is 0 Å². The number of aromatic nitrogens is 3. The molecule has 19 heavy (non-hydrogen) atoms. The standard InChI is InChI=1S/C15H15N3O/c1-3-17-15(19)12-8-4-5-9-13(12)18(17)14-10-6-7-11(2)16-14/h4-10H,3H2,1-2H3. The molecule has 4 heteroatoms. The summed E-state index contributed by atoms with van der Waals surface area (Å²) in [5, 5.41) is 0.729. The highest BCUT2D eigenvalue weighted by molar-refractivity contribution is 5.79. The van der Waals surface area contributed by atoms with Crippen LogP contribution in [0.4, 0.5) is 0 Å². The van der Waals surface area contributed by atoms with Crippen molar-refractivity contribution in [3.8, 4) is 5.82 Å². The van der Waals surface area contributed by atoms with Crippen LogP contribution in [0.25, 0.3) is 16.7 Å². The molecule has 0 unspecified atom stereocenters. The highest BCUT2D eigenvalue weighted by Gasteiger charge is 2.13. The third kappa shape index (κ3) is 1.76. The predicted octanol–water partition coefficient (Wildman–Crippen LogP) is 2.52. The van der Waals surface area contributed by atoms with Gasteiger partial charge in [-0.1, -0.05) is 18.2 Å². The van der Waals surface area contributed by atoms with Crippen molar-refractivity contribution in [3.05, 3.63) is 58.5 Å². The molecular weight excluding hydrogens is 238 g/mol. The Morgan fingerprint density at radius 3 is 2.63 bits per heavy atom. The lowest BCUT2D eigenvalue weighted by molar-refractivity contribution is 0.570. The molecule has 0 amide bonds. The van der Waals surface area contributed by atoms with Crippen molar-refractivity contribution in [2.75, 3.05) is 0 Å². The number of rotatable bonds is 2. The number of fused-ring (bicyclic) bond motifs is 1. The maximum atomic E-state index is 12.4. The van der Waals surface area contributed by atoms with Crippen molar-refractivity contribution in [1.82, 2.24) is 14.3 Å². The molecule has 0 radical (unpaired) electrons. The van der Waals surface area contributed by atoms with E-state index in [9.17, 15) is 4.79 Å². The maximum absolute atomic E-state index is 12.4. The van der Waals surface area contributed by atoms with E-state index in [-0.39, 0.29) is 5.56 Å². The molecule has 96 valence electrons. The summed E-state index contributed by atoms with van der Waals surface area (Å²) in [6.07, 6.45) is 0. The van der Waals surface area contributed by atoms with E-state index in [0.29, 0.717) is 6.54 Å². The molecule has 0 aliphatic carbocycles. The summed E-state index contributed by atoms with van der Waals surface area (Å²) in [5.74, 6) is 0.778. The number of para-hydroxylation sites is 1. The topological polar surface area (TPSA) is 39.8 Å². The number of benzene rings is 1. The van der Waals surface area contributed by atoms with Gasteiger partial charge in [0.15, 0.2) is 5.82 Å². The highest BCUT2D eigenvalue weighted by atomic mass is 16.1. The monoisotopic (exact) mass is 253 g/mol. The van der Waals surface area contributed by atoms with Gasteiger partial charge in [-0.3, -0.25) is 4.79 Å². The number of pyridine rings is 1. The number of hydrogen-bond acceptors (Lipinski definition) is 2. The van der Waals surface area contributed by atoms with Crippen LogP contribution in [0.5, 0.6) is 0 Å². The van der Waals surface area contributed by atoms with Crippen molar-refractivity contribution >= 4 is 10.9 Å². The van der Waals surface area contributed by atoms with Crippen LogP contribution >= 0.6 is 0 Å². The van der Waals surface area contributed by atoms with E-state index in [2.05, 4.69) is 4.98 Å². The molecule has 0 saturated carbocycles. The van der Waals surface area contributed by atoms with Crippen LogP contribution in [0, 0.1) is 6.92 Å². The zero-order valence-electron chi connectivity index (χ0n) is 11.0. The molecule has 1 aromatic carbocycles. The van der Waals surface area contributed by atoms with Gasteiger partial charge in [-0.2, -0.15) is 0 Å². The third-order valence-corrected chi connectivity index (χ3v) is 3.23. The summed E-state index contributed by atoms with van der Waals surface area (Å²) in [6.45, 7) is 4.53. The average molecular weight is 253 g/mol. The molecule has 2 heterocycles. The minimum Gasteiger partial charge on any atom is -0.267 e. The molecule has 0 atom stereocenters. The van der Waals surface area contributed by atoms with Gasteiger partial charge in [0.25, 0.3) is 5.56 Å². The smallest absolute Gasteiger partial charge is 0.267 e. The van der Waals surface area contributed by atoms with Gasteiger partial charge >= 0.3 is 0 Å². The van der Waals surface area contributed by atoms with Crippen LogP contribution < -0.4 is 5.56 Å². The van der Waals surface area contributed by atoms with Gasteiger partial charge in [0.1, 0.15) is 0 Å². The van der Waals surface area contributed by atoms with Crippen LogP contribution in [-0.2, 0) is 6.54 Å². The third-order valence-electron chi connectivity index (χ3n) is 3.23. The quantitative estimate of drug-likeness (QED) is 0.704. The molecule has 2 aromatic heterocycles. The maximum Gasteiger partial charge on any atom is 0.274 e. The molecule has 0 saturated heterocycles. The largest absolute Gasteiger partial charge is 0.274 e. The Labute approximate surface area is 110 Å². The molecule has 3 rings (SSSR count). The Kier molecular flexibility index (Phi) is 2.71. The average Bonchev–Trinajstić information content (AvgIpc) is 2.72. The lowest BCUT2D eigenvalue weighted by atomic mass is 10.2. The van der Waals surface area contributed by atoms with E-state index in [0.717, 1.165) is 22.4 Å². The summed E-state index contributed by atoms with van der Waals surface area (Å²) in [7, 11) is 0.